The van der Waals surface area contributed by atoms with Crippen molar-refractivity contribution in [3.63, 3.8) is 0 Å². The van der Waals surface area contributed by atoms with Crippen LogP contribution in [0.25, 0.3) is 5.65 Å². The maximum Gasteiger partial charge on any atom is 0.328 e. The van der Waals surface area contributed by atoms with E-state index in [9.17, 15) is 9.59 Å². The van der Waals surface area contributed by atoms with Crippen LogP contribution < -0.4 is 4.74 Å². The average Bonchev–Trinajstić information content (AvgIpc) is 3.20. The quantitative estimate of drug-likeness (QED) is 0.623. The van der Waals surface area contributed by atoms with Crippen LogP contribution >= 0.6 is 0 Å². The number of methoxy groups -OCH3 is 1. The molecule has 4 rings (SSSR count). The molecule has 3 aromatic rings. The van der Waals surface area contributed by atoms with Gasteiger partial charge in [-0.05, 0) is 49.6 Å². The summed E-state index contributed by atoms with van der Waals surface area (Å²) in [6, 6.07) is 12.3. The second-order valence-corrected chi connectivity index (χ2v) is 7.05. The largest absolute Gasteiger partial charge is 0.487 e. The zero-order valence-electron chi connectivity index (χ0n) is 16.3. The summed E-state index contributed by atoms with van der Waals surface area (Å²) in [5, 5.41) is 0. The Hall–Kier alpha value is -3.35. The van der Waals surface area contributed by atoms with E-state index in [2.05, 4.69) is 4.98 Å². The van der Waals surface area contributed by atoms with Crippen molar-refractivity contribution in [2.24, 2.45) is 0 Å². The number of piperidine rings is 1. The van der Waals surface area contributed by atoms with Crippen LogP contribution in [-0.2, 0) is 16.1 Å². The molecule has 0 N–H and O–H groups in total. The smallest absolute Gasteiger partial charge is 0.328 e. The lowest BCUT2D eigenvalue weighted by atomic mass is 10.0. The number of esters is 1. The predicted octanol–water partition coefficient (Wildman–Crippen LogP) is 3.08. The topological polar surface area (TPSA) is 73.1 Å². The van der Waals surface area contributed by atoms with Gasteiger partial charge in [0.1, 0.15) is 24.0 Å². The maximum absolute atomic E-state index is 13.0. The van der Waals surface area contributed by atoms with E-state index in [0.29, 0.717) is 30.9 Å². The van der Waals surface area contributed by atoms with Crippen molar-refractivity contribution < 1.29 is 19.1 Å². The monoisotopic (exact) mass is 393 g/mol. The van der Waals surface area contributed by atoms with Crippen LogP contribution in [0.3, 0.4) is 0 Å². The first-order valence-electron chi connectivity index (χ1n) is 9.70. The minimum absolute atomic E-state index is 0.182. The molecule has 1 fully saturated rings. The van der Waals surface area contributed by atoms with Crippen LogP contribution in [0.2, 0.25) is 0 Å². The van der Waals surface area contributed by atoms with Gasteiger partial charge in [-0.2, -0.15) is 0 Å². The molecule has 7 heteroatoms. The van der Waals surface area contributed by atoms with Gasteiger partial charge in [-0.15, -0.1) is 0 Å². The van der Waals surface area contributed by atoms with E-state index < -0.39 is 6.04 Å². The van der Waals surface area contributed by atoms with Gasteiger partial charge in [0.15, 0.2) is 0 Å². The van der Waals surface area contributed by atoms with E-state index in [-0.39, 0.29) is 11.9 Å². The number of ether oxygens (including phenoxy) is 2. The molecule has 1 aliphatic rings. The highest BCUT2D eigenvalue weighted by Gasteiger charge is 2.33. The zero-order valence-corrected chi connectivity index (χ0v) is 16.3. The lowest BCUT2D eigenvalue weighted by molar-refractivity contribution is -0.147. The molecular formula is C22H23N3O4. The summed E-state index contributed by atoms with van der Waals surface area (Å²) in [4.78, 5) is 31.2. The molecule has 7 nitrogen and oxygen atoms in total. The van der Waals surface area contributed by atoms with Gasteiger partial charge < -0.3 is 18.8 Å². The normalized spacial score (nSPS) is 16.6. The lowest BCUT2D eigenvalue weighted by Gasteiger charge is -2.33. The fraction of sp³-hybridized carbons (Fsp3) is 0.318. The van der Waals surface area contributed by atoms with Gasteiger partial charge >= 0.3 is 5.97 Å². The number of carbonyl (C=O) groups is 2. The van der Waals surface area contributed by atoms with Gasteiger partial charge in [0.2, 0.25) is 0 Å². The second-order valence-electron chi connectivity index (χ2n) is 7.05. The number of aromatic nitrogens is 2. The summed E-state index contributed by atoms with van der Waals surface area (Å²) in [5.41, 5.74) is 2.15. The first kappa shape index (κ1) is 19.0. The van der Waals surface area contributed by atoms with Crippen LogP contribution in [0.15, 0.2) is 54.9 Å². The molecule has 1 saturated heterocycles. The van der Waals surface area contributed by atoms with Crippen molar-refractivity contribution in [3.8, 4) is 5.75 Å². The molecule has 150 valence electrons. The van der Waals surface area contributed by atoms with Crippen LogP contribution in [0.5, 0.6) is 5.75 Å². The van der Waals surface area contributed by atoms with Crippen molar-refractivity contribution in [1.29, 1.82) is 0 Å². The maximum atomic E-state index is 13.0. The van der Waals surface area contributed by atoms with Crippen molar-refractivity contribution in [1.82, 2.24) is 14.3 Å². The Morgan fingerprint density at radius 1 is 1.17 bits per heavy atom. The van der Waals surface area contributed by atoms with Crippen molar-refractivity contribution in [2.75, 3.05) is 13.7 Å². The van der Waals surface area contributed by atoms with Crippen molar-refractivity contribution in [3.05, 3.63) is 66.1 Å². The van der Waals surface area contributed by atoms with Crippen molar-refractivity contribution >= 4 is 17.5 Å². The number of hydrogen-bond acceptors (Lipinski definition) is 5. The fourth-order valence-electron chi connectivity index (χ4n) is 3.65. The highest BCUT2D eigenvalue weighted by atomic mass is 16.5. The Labute approximate surface area is 168 Å². The average molecular weight is 393 g/mol. The number of carbonyl (C=O) groups excluding carboxylic acids is 2. The fourth-order valence-corrected chi connectivity index (χ4v) is 3.65. The van der Waals surface area contributed by atoms with E-state index in [4.69, 9.17) is 9.47 Å². The minimum Gasteiger partial charge on any atom is -0.487 e. The molecule has 1 amide bonds. The van der Waals surface area contributed by atoms with E-state index in [1.54, 1.807) is 29.2 Å². The number of benzene rings is 1. The molecule has 0 bridgehead atoms. The van der Waals surface area contributed by atoms with Gasteiger partial charge in [-0.1, -0.05) is 12.1 Å². The molecule has 1 aromatic carbocycles. The van der Waals surface area contributed by atoms with E-state index >= 15 is 0 Å². The molecule has 1 unspecified atom stereocenters. The second kappa shape index (κ2) is 8.34. The summed E-state index contributed by atoms with van der Waals surface area (Å²) in [6.45, 7) is 0.846. The van der Waals surface area contributed by atoms with Gasteiger partial charge in [-0.25, -0.2) is 9.78 Å². The summed E-state index contributed by atoms with van der Waals surface area (Å²) in [6.07, 6.45) is 6.26. The third-order valence-corrected chi connectivity index (χ3v) is 5.12. The number of nitrogens with zero attached hydrogens (tertiary/aromatic N) is 3. The van der Waals surface area contributed by atoms with Crippen molar-refractivity contribution in [2.45, 2.75) is 31.9 Å². The Morgan fingerprint density at radius 3 is 2.90 bits per heavy atom. The Balaban J connectivity index is 1.47. The number of fused-ring (bicyclic) bond motifs is 1. The summed E-state index contributed by atoms with van der Waals surface area (Å²) >= 11 is 0. The number of imidazole rings is 1. The van der Waals surface area contributed by atoms with Crippen LogP contribution in [0.1, 0.15) is 35.3 Å². The summed E-state index contributed by atoms with van der Waals surface area (Å²) < 4.78 is 12.7. The molecular weight excluding hydrogens is 370 g/mol. The number of amides is 1. The standard InChI is InChI=1S/C22H23N3O4/c1-28-22(27)19-9-2-5-12-25(19)21(26)16-7-6-8-18(13-16)29-15-17-14-24-11-4-3-10-20(24)23-17/h3-4,6-8,10-11,13-14,19H,2,5,9,12,15H2,1H3. The molecule has 1 atom stereocenters. The van der Waals surface area contributed by atoms with Crippen LogP contribution in [0, 0.1) is 0 Å². The lowest BCUT2D eigenvalue weighted by Crippen LogP contribution is -2.48. The molecule has 0 aliphatic carbocycles. The molecule has 0 spiro atoms. The van der Waals surface area contributed by atoms with E-state index in [0.717, 1.165) is 24.2 Å². The van der Waals surface area contributed by atoms with Crippen LogP contribution in [0.4, 0.5) is 0 Å². The first-order chi connectivity index (χ1) is 14.2. The molecule has 0 saturated carbocycles. The summed E-state index contributed by atoms with van der Waals surface area (Å²) in [7, 11) is 1.35. The highest BCUT2D eigenvalue weighted by molar-refractivity contribution is 5.97. The third-order valence-electron chi connectivity index (χ3n) is 5.12. The zero-order chi connectivity index (χ0) is 20.2. The summed E-state index contributed by atoms with van der Waals surface area (Å²) in [5.74, 6) is 0.0371. The molecule has 1 aliphatic heterocycles. The Bertz CT molecular complexity index is 997. The van der Waals surface area contributed by atoms with Gasteiger partial charge in [0.05, 0.1) is 12.8 Å². The van der Waals surface area contributed by atoms with Crippen LogP contribution in [-0.4, -0.2) is 45.9 Å². The third kappa shape index (κ3) is 4.08. The molecule has 29 heavy (non-hydrogen) atoms. The Morgan fingerprint density at radius 2 is 2.07 bits per heavy atom. The number of rotatable bonds is 5. The molecule has 3 heterocycles. The molecule has 0 radical (unpaired) electrons. The first-order valence-corrected chi connectivity index (χ1v) is 9.70. The van der Waals surface area contributed by atoms with Gasteiger partial charge in [0.25, 0.3) is 5.91 Å². The number of hydrogen-bond donors (Lipinski definition) is 0. The Kier molecular flexibility index (Phi) is 5.46. The SMILES string of the molecule is COC(=O)C1CCCCN1C(=O)c1cccc(OCc2cn3ccccc3n2)c1. The highest BCUT2D eigenvalue weighted by Crippen LogP contribution is 2.23. The minimum atomic E-state index is -0.524. The number of likely N-dealkylation sites (tertiary alicyclic amines) is 1. The van der Waals surface area contributed by atoms with E-state index in [1.165, 1.54) is 7.11 Å². The number of pyridine rings is 1. The molecule has 2 aromatic heterocycles. The predicted molar refractivity (Wildman–Crippen MR) is 107 cm³/mol. The van der Waals surface area contributed by atoms with Gasteiger partial charge in [-0.3, -0.25) is 4.79 Å². The van der Waals surface area contributed by atoms with Gasteiger partial charge in [0, 0.05) is 24.5 Å². The van der Waals surface area contributed by atoms with E-state index in [1.807, 2.05) is 35.0 Å².